The van der Waals surface area contributed by atoms with E-state index in [4.69, 9.17) is 16.3 Å². The maximum absolute atomic E-state index is 11.8. The van der Waals surface area contributed by atoms with Crippen LogP contribution in [0.1, 0.15) is 19.4 Å². The Morgan fingerprint density at radius 1 is 1.38 bits per heavy atom. The summed E-state index contributed by atoms with van der Waals surface area (Å²) in [7, 11) is 1.43. The number of rotatable bonds is 6. The summed E-state index contributed by atoms with van der Waals surface area (Å²) in [6.07, 6.45) is -0.818. The van der Waals surface area contributed by atoms with Crippen molar-refractivity contribution in [1.29, 1.82) is 0 Å². The van der Waals surface area contributed by atoms with E-state index in [0.717, 1.165) is 12.1 Å². The summed E-state index contributed by atoms with van der Waals surface area (Å²) in [5.74, 6) is -0.00765. The third-order valence-electron chi connectivity index (χ3n) is 2.76. The van der Waals surface area contributed by atoms with E-state index in [1.807, 2.05) is 6.92 Å². The lowest BCUT2D eigenvalue weighted by molar-refractivity contribution is -0.126. The minimum Gasteiger partial charge on any atom is -0.480 e. The number of imide groups is 1. The van der Waals surface area contributed by atoms with Crippen LogP contribution in [0.3, 0.4) is 0 Å². The number of hydrogen-bond acceptors (Lipinski definition) is 4. The van der Waals surface area contributed by atoms with Gasteiger partial charge in [0.25, 0.3) is 5.91 Å². The zero-order valence-electron chi connectivity index (χ0n) is 12.3. The Labute approximate surface area is 129 Å². The van der Waals surface area contributed by atoms with E-state index in [-0.39, 0.29) is 0 Å². The predicted octanol–water partition coefficient (Wildman–Crippen LogP) is 1.67. The van der Waals surface area contributed by atoms with E-state index >= 15 is 0 Å². The van der Waals surface area contributed by atoms with E-state index in [1.54, 1.807) is 25.1 Å². The van der Waals surface area contributed by atoms with Crippen molar-refractivity contribution < 1.29 is 14.3 Å². The van der Waals surface area contributed by atoms with Crippen molar-refractivity contribution in [2.45, 2.75) is 26.5 Å². The average Bonchev–Trinajstić information content (AvgIpc) is 2.46. The van der Waals surface area contributed by atoms with Crippen LogP contribution in [0.15, 0.2) is 18.2 Å². The maximum atomic E-state index is 11.8. The molecule has 0 aliphatic rings. The highest BCUT2D eigenvalue weighted by Gasteiger charge is 2.19. The van der Waals surface area contributed by atoms with Crippen LogP contribution in [0.25, 0.3) is 0 Å². The van der Waals surface area contributed by atoms with Gasteiger partial charge < -0.3 is 15.4 Å². The summed E-state index contributed by atoms with van der Waals surface area (Å²) >= 11 is 6.15. The molecule has 0 heterocycles. The molecule has 0 saturated carbocycles. The Hall–Kier alpha value is -1.79. The summed E-state index contributed by atoms with van der Waals surface area (Å²) in [5.41, 5.74) is 0.778. The lowest BCUT2D eigenvalue weighted by atomic mass is 10.2. The third kappa shape index (κ3) is 5.24. The molecule has 0 aliphatic heterocycles. The van der Waals surface area contributed by atoms with Gasteiger partial charge >= 0.3 is 6.03 Å². The average molecular weight is 314 g/mol. The van der Waals surface area contributed by atoms with Gasteiger partial charge in [0, 0.05) is 24.2 Å². The summed E-state index contributed by atoms with van der Waals surface area (Å²) in [6.45, 7) is 4.87. The minimum atomic E-state index is -0.818. The first-order chi connectivity index (χ1) is 9.99. The van der Waals surface area contributed by atoms with E-state index in [1.165, 1.54) is 7.05 Å². The molecule has 1 aromatic carbocycles. The summed E-state index contributed by atoms with van der Waals surface area (Å²) in [5, 5.41) is 8.19. The predicted molar refractivity (Wildman–Crippen MR) is 81.5 cm³/mol. The maximum Gasteiger partial charge on any atom is 0.321 e. The van der Waals surface area contributed by atoms with Crippen LogP contribution in [0.5, 0.6) is 5.75 Å². The van der Waals surface area contributed by atoms with Gasteiger partial charge in [-0.25, -0.2) is 4.79 Å². The Morgan fingerprint density at radius 3 is 2.71 bits per heavy atom. The van der Waals surface area contributed by atoms with Crippen molar-refractivity contribution in [2.24, 2.45) is 0 Å². The highest BCUT2D eigenvalue weighted by molar-refractivity contribution is 6.31. The number of hydrogen-bond donors (Lipinski definition) is 3. The van der Waals surface area contributed by atoms with Gasteiger partial charge in [0.05, 0.1) is 0 Å². The number of benzene rings is 1. The van der Waals surface area contributed by atoms with Gasteiger partial charge in [-0.1, -0.05) is 24.6 Å². The van der Waals surface area contributed by atoms with Gasteiger partial charge in [0.15, 0.2) is 6.10 Å². The second kappa shape index (κ2) is 8.49. The van der Waals surface area contributed by atoms with Crippen LogP contribution >= 0.6 is 11.6 Å². The second-order valence-corrected chi connectivity index (χ2v) is 4.73. The smallest absolute Gasteiger partial charge is 0.321 e. The van der Waals surface area contributed by atoms with Crippen LogP contribution in [0.4, 0.5) is 4.79 Å². The molecule has 0 bridgehead atoms. The van der Waals surface area contributed by atoms with Crippen LogP contribution in [0, 0.1) is 0 Å². The number of amides is 3. The van der Waals surface area contributed by atoms with Crippen LogP contribution in [0.2, 0.25) is 5.02 Å². The summed E-state index contributed by atoms with van der Waals surface area (Å²) < 4.78 is 5.61. The Balaban J connectivity index is 2.79. The quantitative estimate of drug-likeness (QED) is 0.746. The van der Waals surface area contributed by atoms with Crippen LogP contribution in [-0.4, -0.2) is 31.6 Å². The molecule has 0 saturated heterocycles. The van der Waals surface area contributed by atoms with Gasteiger partial charge in [0.2, 0.25) is 0 Å². The highest BCUT2D eigenvalue weighted by atomic mass is 35.5. The third-order valence-corrected chi connectivity index (χ3v) is 3.12. The van der Waals surface area contributed by atoms with Crippen LogP contribution < -0.4 is 20.7 Å². The first kappa shape index (κ1) is 17.3. The van der Waals surface area contributed by atoms with Crippen molar-refractivity contribution in [1.82, 2.24) is 16.0 Å². The Morgan fingerprint density at radius 2 is 2.10 bits per heavy atom. The first-order valence-electron chi connectivity index (χ1n) is 6.66. The number of ether oxygens (including phenoxy) is 1. The molecule has 3 amide bonds. The standard InChI is InChI=1S/C14H20ClN3O3/c1-4-17-8-10-11(15)6-5-7-12(10)21-9(2)13(19)18-14(20)16-3/h5-7,9,17H,4,8H2,1-3H3,(H2,16,18,19,20). The van der Waals surface area contributed by atoms with Crippen molar-refractivity contribution in [3.63, 3.8) is 0 Å². The lowest BCUT2D eigenvalue weighted by Crippen LogP contribution is -2.44. The Kier molecular flexibility index (Phi) is 6.98. The zero-order valence-corrected chi connectivity index (χ0v) is 13.1. The molecule has 0 radical (unpaired) electrons. The van der Waals surface area contributed by atoms with Gasteiger partial charge in [0.1, 0.15) is 5.75 Å². The van der Waals surface area contributed by atoms with E-state index in [2.05, 4.69) is 16.0 Å². The molecular formula is C14H20ClN3O3. The van der Waals surface area contributed by atoms with Crippen molar-refractivity contribution in [3.05, 3.63) is 28.8 Å². The van der Waals surface area contributed by atoms with Gasteiger partial charge in [-0.05, 0) is 25.6 Å². The molecule has 0 aromatic heterocycles. The molecule has 0 fully saturated rings. The van der Waals surface area contributed by atoms with Crippen molar-refractivity contribution in [3.8, 4) is 5.75 Å². The zero-order chi connectivity index (χ0) is 15.8. The number of carbonyl (C=O) groups is 2. The highest BCUT2D eigenvalue weighted by Crippen LogP contribution is 2.27. The first-order valence-corrected chi connectivity index (χ1v) is 7.04. The molecule has 1 atom stereocenters. The SMILES string of the molecule is CCNCc1c(Cl)cccc1OC(C)C(=O)NC(=O)NC. The Bertz CT molecular complexity index is 508. The van der Waals surface area contributed by atoms with E-state index < -0.39 is 18.0 Å². The molecule has 6 nitrogen and oxygen atoms in total. The van der Waals surface area contributed by atoms with Gasteiger partial charge in [-0.15, -0.1) is 0 Å². The fourth-order valence-corrected chi connectivity index (χ4v) is 1.82. The summed E-state index contributed by atoms with van der Waals surface area (Å²) in [6, 6.07) is 4.67. The number of urea groups is 1. The molecule has 7 heteroatoms. The van der Waals surface area contributed by atoms with Crippen molar-refractivity contribution >= 4 is 23.5 Å². The molecule has 0 aliphatic carbocycles. The number of nitrogens with one attached hydrogen (secondary N) is 3. The largest absolute Gasteiger partial charge is 0.480 e. The molecule has 21 heavy (non-hydrogen) atoms. The number of halogens is 1. The fourth-order valence-electron chi connectivity index (χ4n) is 1.59. The summed E-state index contributed by atoms with van der Waals surface area (Å²) in [4.78, 5) is 22.9. The van der Waals surface area contributed by atoms with Gasteiger partial charge in [-0.2, -0.15) is 0 Å². The minimum absolute atomic E-state index is 0.517. The molecule has 116 valence electrons. The molecule has 3 N–H and O–H groups in total. The normalized spacial score (nSPS) is 11.6. The second-order valence-electron chi connectivity index (χ2n) is 4.33. The van der Waals surface area contributed by atoms with E-state index in [0.29, 0.717) is 17.3 Å². The number of carbonyl (C=O) groups excluding carboxylic acids is 2. The van der Waals surface area contributed by atoms with Crippen molar-refractivity contribution in [2.75, 3.05) is 13.6 Å². The topological polar surface area (TPSA) is 79.5 Å². The molecule has 0 spiro atoms. The molecule has 1 aromatic rings. The fraction of sp³-hybridized carbons (Fsp3) is 0.429. The monoisotopic (exact) mass is 313 g/mol. The van der Waals surface area contributed by atoms with Crippen LogP contribution in [-0.2, 0) is 11.3 Å². The van der Waals surface area contributed by atoms with E-state index in [9.17, 15) is 9.59 Å². The lowest BCUT2D eigenvalue weighted by Gasteiger charge is -2.17. The molecule has 1 unspecified atom stereocenters. The molecule has 1 rings (SSSR count). The molecular weight excluding hydrogens is 294 g/mol. The van der Waals surface area contributed by atoms with Gasteiger partial charge in [-0.3, -0.25) is 10.1 Å².